The highest BCUT2D eigenvalue weighted by molar-refractivity contribution is 7.98. The number of fused-ring (bicyclic) bond motifs is 1. The number of aromatic nitrogens is 1. The van der Waals surface area contributed by atoms with Crippen molar-refractivity contribution in [3.8, 4) is 0 Å². The van der Waals surface area contributed by atoms with Gasteiger partial charge in [-0.15, -0.1) is 11.8 Å². The molecular formula is C19H17N3O2S. The molecule has 6 heteroatoms. The highest BCUT2D eigenvalue weighted by Gasteiger charge is 2.13. The summed E-state index contributed by atoms with van der Waals surface area (Å²) in [6, 6.07) is 16.6. The van der Waals surface area contributed by atoms with Gasteiger partial charge >= 0.3 is 0 Å². The van der Waals surface area contributed by atoms with E-state index >= 15 is 0 Å². The fourth-order valence-corrected chi connectivity index (χ4v) is 2.85. The van der Waals surface area contributed by atoms with Crippen LogP contribution in [0.2, 0.25) is 0 Å². The normalized spacial score (nSPS) is 10.5. The molecular weight excluding hydrogens is 334 g/mol. The Balaban J connectivity index is 1.71. The van der Waals surface area contributed by atoms with Crippen LogP contribution >= 0.6 is 11.8 Å². The number of pyridine rings is 1. The van der Waals surface area contributed by atoms with Gasteiger partial charge in [-0.05, 0) is 43.0 Å². The first-order chi connectivity index (χ1) is 12.1. The van der Waals surface area contributed by atoms with Gasteiger partial charge in [0, 0.05) is 15.8 Å². The first kappa shape index (κ1) is 17.0. The third-order valence-electron chi connectivity index (χ3n) is 3.81. The van der Waals surface area contributed by atoms with E-state index in [4.69, 9.17) is 0 Å². The molecule has 0 unspecified atom stereocenters. The van der Waals surface area contributed by atoms with E-state index in [0.717, 1.165) is 21.4 Å². The van der Waals surface area contributed by atoms with Crippen molar-refractivity contribution >= 4 is 34.5 Å². The summed E-state index contributed by atoms with van der Waals surface area (Å²) in [5, 5.41) is 0.951. The highest BCUT2D eigenvalue weighted by Crippen LogP contribution is 2.19. The predicted molar refractivity (Wildman–Crippen MR) is 99.6 cm³/mol. The summed E-state index contributed by atoms with van der Waals surface area (Å²) in [6.45, 7) is 1.85. The molecule has 3 rings (SSSR count). The molecule has 0 fully saturated rings. The van der Waals surface area contributed by atoms with Gasteiger partial charge in [0.25, 0.3) is 11.8 Å². The van der Waals surface area contributed by atoms with Gasteiger partial charge in [0.1, 0.15) is 5.69 Å². The van der Waals surface area contributed by atoms with Crippen molar-refractivity contribution in [1.29, 1.82) is 0 Å². The molecule has 25 heavy (non-hydrogen) atoms. The zero-order valence-electron chi connectivity index (χ0n) is 13.9. The lowest BCUT2D eigenvalue weighted by molar-refractivity contribution is 0.0843. The Hall–Kier alpha value is -2.86. The van der Waals surface area contributed by atoms with E-state index in [-0.39, 0.29) is 11.6 Å². The summed E-state index contributed by atoms with van der Waals surface area (Å²) in [5.74, 6) is -0.819. The number of hydrazine groups is 1. The van der Waals surface area contributed by atoms with Crippen LogP contribution < -0.4 is 10.9 Å². The van der Waals surface area contributed by atoms with E-state index in [1.54, 1.807) is 23.9 Å². The Morgan fingerprint density at radius 2 is 1.72 bits per heavy atom. The van der Waals surface area contributed by atoms with Crippen LogP contribution in [-0.2, 0) is 0 Å². The first-order valence-electron chi connectivity index (χ1n) is 7.69. The molecule has 0 bridgehead atoms. The van der Waals surface area contributed by atoms with Gasteiger partial charge in [-0.25, -0.2) is 4.98 Å². The SMILES string of the molecule is CSc1ccc(C)c(C(=O)NNC(=O)c2ccc3ccccc3n2)c1. The van der Waals surface area contributed by atoms with Gasteiger partial charge in [0.2, 0.25) is 0 Å². The lowest BCUT2D eigenvalue weighted by atomic mass is 10.1. The first-order valence-corrected chi connectivity index (χ1v) is 8.92. The van der Waals surface area contributed by atoms with Gasteiger partial charge in [-0.2, -0.15) is 0 Å². The van der Waals surface area contributed by atoms with E-state index in [1.165, 1.54) is 0 Å². The number of hydrogen-bond donors (Lipinski definition) is 2. The van der Waals surface area contributed by atoms with Crippen molar-refractivity contribution in [2.75, 3.05) is 6.26 Å². The lowest BCUT2D eigenvalue weighted by Crippen LogP contribution is -2.42. The number of nitrogens with zero attached hydrogens (tertiary/aromatic N) is 1. The Kier molecular flexibility index (Phi) is 5.00. The molecule has 0 radical (unpaired) electrons. The summed E-state index contributed by atoms with van der Waals surface area (Å²) in [5.41, 5.74) is 7.21. The molecule has 2 amide bonds. The van der Waals surface area contributed by atoms with Crippen molar-refractivity contribution in [2.45, 2.75) is 11.8 Å². The molecule has 1 heterocycles. The minimum Gasteiger partial charge on any atom is -0.267 e. The molecule has 0 aliphatic heterocycles. The summed E-state index contributed by atoms with van der Waals surface area (Å²) >= 11 is 1.55. The monoisotopic (exact) mass is 351 g/mol. The van der Waals surface area contributed by atoms with Crippen LogP contribution in [0.3, 0.4) is 0 Å². The summed E-state index contributed by atoms with van der Waals surface area (Å²) < 4.78 is 0. The van der Waals surface area contributed by atoms with Crippen LogP contribution in [0.25, 0.3) is 10.9 Å². The third kappa shape index (κ3) is 3.80. The zero-order valence-corrected chi connectivity index (χ0v) is 14.7. The molecule has 0 saturated heterocycles. The molecule has 1 aromatic heterocycles. The Morgan fingerprint density at radius 1 is 0.960 bits per heavy atom. The molecule has 0 aliphatic carbocycles. The molecule has 2 N–H and O–H groups in total. The van der Waals surface area contributed by atoms with Gasteiger partial charge in [0.05, 0.1) is 5.52 Å². The molecule has 3 aromatic rings. The second-order valence-corrected chi connectivity index (χ2v) is 6.36. The molecule has 5 nitrogen and oxygen atoms in total. The standard InChI is InChI=1S/C19H17N3O2S/c1-12-7-9-14(25-2)11-15(12)18(23)21-22-19(24)17-10-8-13-5-3-4-6-16(13)20-17/h3-11H,1-2H3,(H,21,23)(H,22,24). The quantitative estimate of drug-likeness (QED) is 0.561. The Bertz CT molecular complexity index is 956. The Labute approximate surface area is 149 Å². The summed E-state index contributed by atoms with van der Waals surface area (Å²) in [6.07, 6.45) is 1.94. The average molecular weight is 351 g/mol. The number of carbonyl (C=O) groups excluding carboxylic acids is 2. The maximum Gasteiger partial charge on any atom is 0.288 e. The molecule has 0 saturated carbocycles. The number of hydrogen-bond acceptors (Lipinski definition) is 4. The molecule has 2 aromatic carbocycles. The highest BCUT2D eigenvalue weighted by atomic mass is 32.2. The van der Waals surface area contributed by atoms with Crippen molar-refractivity contribution in [3.05, 3.63) is 71.4 Å². The van der Waals surface area contributed by atoms with Gasteiger partial charge in [0.15, 0.2) is 0 Å². The maximum absolute atomic E-state index is 12.3. The lowest BCUT2D eigenvalue weighted by Gasteiger charge is -2.10. The Morgan fingerprint density at radius 3 is 2.52 bits per heavy atom. The second kappa shape index (κ2) is 7.36. The van der Waals surface area contributed by atoms with E-state index in [2.05, 4.69) is 15.8 Å². The van der Waals surface area contributed by atoms with Gasteiger partial charge in [-0.1, -0.05) is 30.3 Å². The van der Waals surface area contributed by atoms with Crippen LogP contribution in [0.4, 0.5) is 0 Å². The van der Waals surface area contributed by atoms with Crippen LogP contribution in [0, 0.1) is 6.92 Å². The van der Waals surface area contributed by atoms with E-state index in [0.29, 0.717) is 5.56 Å². The number of amides is 2. The molecule has 0 spiro atoms. The fourth-order valence-electron chi connectivity index (χ4n) is 2.41. The predicted octanol–water partition coefficient (Wildman–Crippen LogP) is 3.34. The van der Waals surface area contributed by atoms with E-state index in [9.17, 15) is 9.59 Å². The van der Waals surface area contributed by atoms with Crippen molar-refractivity contribution in [3.63, 3.8) is 0 Å². The minimum absolute atomic E-state index is 0.244. The topological polar surface area (TPSA) is 71.1 Å². The van der Waals surface area contributed by atoms with Gasteiger partial charge < -0.3 is 0 Å². The van der Waals surface area contributed by atoms with Crippen LogP contribution in [-0.4, -0.2) is 23.1 Å². The number of benzene rings is 2. The average Bonchev–Trinajstić information content (AvgIpc) is 2.65. The number of nitrogens with one attached hydrogen (secondary N) is 2. The summed E-state index contributed by atoms with van der Waals surface area (Å²) in [7, 11) is 0. The molecule has 126 valence electrons. The third-order valence-corrected chi connectivity index (χ3v) is 4.54. The van der Waals surface area contributed by atoms with Crippen LogP contribution in [0.5, 0.6) is 0 Å². The number of aryl methyl sites for hydroxylation is 1. The minimum atomic E-state index is -0.460. The van der Waals surface area contributed by atoms with E-state index < -0.39 is 5.91 Å². The van der Waals surface area contributed by atoms with Crippen molar-refractivity contribution in [2.24, 2.45) is 0 Å². The van der Waals surface area contributed by atoms with Crippen molar-refractivity contribution < 1.29 is 9.59 Å². The maximum atomic E-state index is 12.3. The molecule has 0 aliphatic rings. The van der Waals surface area contributed by atoms with E-state index in [1.807, 2.05) is 55.6 Å². The fraction of sp³-hybridized carbons (Fsp3) is 0.105. The smallest absolute Gasteiger partial charge is 0.267 e. The molecule has 0 atom stereocenters. The van der Waals surface area contributed by atoms with Crippen LogP contribution in [0.15, 0.2) is 59.5 Å². The van der Waals surface area contributed by atoms with Crippen molar-refractivity contribution in [1.82, 2.24) is 15.8 Å². The number of thioether (sulfide) groups is 1. The van der Waals surface area contributed by atoms with Gasteiger partial charge in [-0.3, -0.25) is 20.4 Å². The van der Waals surface area contributed by atoms with Crippen LogP contribution in [0.1, 0.15) is 26.4 Å². The largest absolute Gasteiger partial charge is 0.288 e. The zero-order chi connectivity index (χ0) is 17.8. The number of para-hydroxylation sites is 1. The summed E-state index contributed by atoms with van der Waals surface area (Å²) in [4.78, 5) is 29.9. The second-order valence-electron chi connectivity index (χ2n) is 5.48. The number of carbonyl (C=O) groups is 2. The number of rotatable bonds is 3.